The van der Waals surface area contributed by atoms with Crippen LogP contribution in [0.5, 0.6) is 0 Å². The van der Waals surface area contributed by atoms with Crippen LogP contribution in [-0.2, 0) is 11.8 Å². The summed E-state index contributed by atoms with van der Waals surface area (Å²) >= 11 is 0. The molecule has 0 saturated heterocycles. The number of benzene rings is 2. The van der Waals surface area contributed by atoms with Crippen LogP contribution in [0.15, 0.2) is 48.5 Å². The Morgan fingerprint density at radius 1 is 0.760 bits per heavy atom. The van der Waals surface area contributed by atoms with Gasteiger partial charge in [0.2, 0.25) is 5.60 Å². The minimum atomic E-state index is -5.13. The molecule has 2 nitrogen and oxygen atoms in total. The average molecular weight is 363 g/mol. The first kappa shape index (κ1) is 19.1. The summed E-state index contributed by atoms with van der Waals surface area (Å²) < 4.78 is 78.8. The molecule has 0 spiro atoms. The van der Waals surface area contributed by atoms with Crippen molar-refractivity contribution in [3.63, 3.8) is 0 Å². The summed E-state index contributed by atoms with van der Waals surface area (Å²) in [6.07, 6.45) is -9.81. The molecule has 0 aliphatic carbocycles. The fourth-order valence-electron chi connectivity index (χ4n) is 2.40. The second-order valence-electron chi connectivity index (χ2n) is 5.73. The van der Waals surface area contributed by atoms with Gasteiger partial charge in [0.1, 0.15) is 0 Å². The lowest BCUT2D eigenvalue weighted by Gasteiger charge is -2.32. The molecule has 1 unspecified atom stereocenters. The van der Waals surface area contributed by atoms with E-state index in [1.54, 1.807) is 25.1 Å². The van der Waals surface area contributed by atoms with Crippen LogP contribution < -0.4 is 4.90 Å². The molecule has 0 fully saturated rings. The Hall–Kier alpha value is -2.22. The van der Waals surface area contributed by atoms with Crippen molar-refractivity contribution < 1.29 is 31.4 Å². The third-order valence-corrected chi connectivity index (χ3v) is 3.82. The molecule has 0 aliphatic rings. The van der Waals surface area contributed by atoms with Crippen LogP contribution in [0.3, 0.4) is 0 Å². The normalized spacial score (nSPS) is 14.9. The molecule has 0 radical (unpaired) electrons. The fourth-order valence-corrected chi connectivity index (χ4v) is 2.40. The molecule has 2 aromatic rings. The maximum atomic E-state index is 13.7. The predicted octanol–water partition coefficient (Wildman–Crippen LogP) is 4.57. The Labute approximate surface area is 140 Å². The molecule has 8 heteroatoms. The Balaban J connectivity index is 2.62. The Morgan fingerprint density at radius 3 is 1.72 bits per heavy atom. The Morgan fingerprint density at radius 2 is 1.28 bits per heavy atom. The van der Waals surface area contributed by atoms with E-state index in [1.807, 2.05) is 0 Å². The van der Waals surface area contributed by atoms with Gasteiger partial charge < -0.3 is 10.0 Å². The number of hydrogen-bond donors (Lipinski definition) is 1. The topological polar surface area (TPSA) is 23.5 Å². The molecule has 1 atom stereocenters. The van der Waals surface area contributed by atoms with Crippen molar-refractivity contribution in [3.05, 3.63) is 65.2 Å². The largest absolute Gasteiger partial charge is 0.425 e. The molecule has 0 saturated carbocycles. The molecule has 136 valence electrons. The highest BCUT2D eigenvalue weighted by Gasteiger charge is 2.56. The molecule has 0 amide bonds. The van der Waals surface area contributed by atoms with E-state index >= 15 is 0 Å². The first-order chi connectivity index (χ1) is 11.4. The van der Waals surface area contributed by atoms with Gasteiger partial charge >= 0.3 is 12.4 Å². The van der Waals surface area contributed by atoms with E-state index in [0.29, 0.717) is 30.0 Å². The zero-order chi connectivity index (χ0) is 19.0. The van der Waals surface area contributed by atoms with Gasteiger partial charge in [-0.15, -0.1) is 0 Å². The maximum absolute atomic E-state index is 13.7. The highest BCUT2D eigenvalue weighted by Crippen LogP contribution is 2.45. The summed E-state index contributed by atoms with van der Waals surface area (Å²) in [5.74, 6) is 0. The number of anilines is 1. The van der Waals surface area contributed by atoms with E-state index in [0.717, 1.165) is 12.1 Å². The van der Waals surface area contributed by atoms with Crippen LogP contribution in [0.1, 0.15) is 16.7 Å². The van der Waals surface area contributed by atoms with Gasteiger partial charge in [-0.05, 0) is 35.4 Å². The zero-order valence-corrected chi connectivity index (χ0v) is 13.3. The predicted molar refractivity (Wildman–Crippen MR) is 81.3 cm³/mol. The molecule has 2 aromatic carbocycles. The molecule has 0 bridgehead atoms. The number of nitrogens with zero attached hydrogens (tertiary/aromatic N) is 1. The highest BCUT2D eigenvalue weighted by molar-refractivity contribution is 5.51. The molecule has 0 aliphatic heterocycles. The first-order valence-electron chi connectivity index (χ1n) is 7.12. The summed E-state index contributed by atoms with van der Waals surface area (Å²) in [5.41, 5.74) is -5.28. The second kappa shape index (κ2) is 6.25. The van der Waals surface area contributed by atoms with Crippen LogP contribution >= 0.6 is 0 Å². The fraction of sp³-hybridized carbons (Fsp3) is 0.294. The van der Waals surface area contributed by atoms with E-state index in [2.05, 4.69) is 0 Å². The lowest BCUT2D eigenvalue weighted by molar-refractivity contribution is -0.248. The summed E-state index contributed by atoms with van der Waals surface area (Å²) in [4.78, 5) is 1.55. The van der Waals surface area contributed by atoms with Crippen LogP contribution in [-0.4, -0.2) is 25.4 Å². The highest BCUT2D eigenvalue weighted by atomic mass is 19.4. The number of hydrogen-bond acceptors (Lipinski definition) is 2. The van der Waals surface area contributed by atoms with E-state index in [4.69, 9.17) is 0 Å². The van der Waals surface area contributed by atoms with Crippen molar-refractivity contribution >= 4 is 5.69 Å². The van der Waals surface area contributed by atoms with Crippen molar-refractivity contribution in [2.45, 2.75) is 18.0 Å². The molecule has 0 heterocycles. The lowest BCUT2D eigenvalue weighted by Crippen LogP contribution is -2.43. The third-order valence-electron chi connectivity index (χ3n) is 3.82. The molecule has 25 heavy (non-hydrogen) atoms. The van der Waals surface area contributed by atoms with Crippen LogP contribution in [0.4, 0.5) is 32.0 Å². The molecule has 0 aromatic heterocycles. The summed E-state index contributed by atoms with van der Waals surface area (Å²) in [6.45, 7) is 0. The van der Waals surface area contributed by atoms with Gasteiger partial charge in [0.25, 0.3) is 0 Å². The smallest absolute Gasteiger partial charge is 0.378 e. The van der Waals surface area contributed by atoms with Crippen molar-refractivity contribution in [3.8, 4) is 0 Å². The maximum Gasteiger partial charge on any atom is 0.425 e. The van der Waals surface area contributed by atoms with Crippen molar-refractivity contribution in [1.29, 1.82) is 0 Å². The monoisotopic (exact) mass is 363 g/mol. The summed E-state index contributed by atoms with van der Waals surface area (Å²) in [7, 11) is 3.23. The van der Waals surface area contributed by atoms with Crippen molar-refractivity contribution in [2.75, 3.05) is 19.0 Å². The summed E-state index contributed by atoms with van der Waals surface area (Å²) in [5, 5.41) is 10.5. The van der Waals surface area contributed by atoms with Crippen LogP contribution in [0.25, 0.3) is 0 Å². The standard InChI is InChI=1S/C17H15F6NO/c1-24(2)14-5-3-4-13(10-14)15(25,17(21,22)23)11-6-8-12(9-7-11)16(18,19)20/h3-10,25H,1-2H3. The molecular formula is C17H15F6NO. The van der Waals surface area contributed by atoms with E-state index in [9.17, 15) is 31.4 Å². The van der Waals surface area contributed by atoms with E-state index in [-0.39, 0.29) is 0 Å². The van der Waals surface area contributed by atoms with Gasteiger partial charge in [0.15, 0.2) is 0 Å². The quantitative estimate of drug-likeness (QED) is 0.808. The molecular weight excluding hydrogens is 348 g/mol. The minimum absolute atomic E-state index is 0.409. The van der Waals surface area contributed by atoms with Crippen LogP contribution in [0.2, 0.25) is 0 Å². The van der Waals surface area contributed by atoms with Gasteiger partial charge in [0.05, 0.1) is 5.56 Å². The van der Waals surface area contributed by atoms with E-state index in [1.165, 1.54) is 6.07 Å². The van der Waals surface area contributed by atoms with Gasteiger partial charge in [-0.2, -0.15) is 26.3 Å². The summed E-state index contributed by atoms with van der Waals surface area (Å²) in [6, 6.07) is 7.42. The first-order valence-corrected chi connectivity index (χ1v) is 7.12. The van der Waals surface area contributed by atoms with Gasteiger partial charge in [-0.3, -0.25) is 0 Å². The Kier molecular flexibility index (Phi) is 4.78. The third kappa shape index (κ3) is 3.58. The van der Waals surface area contributed by atoms with Gasteiger partial charge in [0, 0.05) is 19.8 Å². The van der Waals surface area contributed by atoms with Gasteiger partial charge in [-0.25, -0.2) is 0 Å². The second-order valence-corrected chi connectivity index (χ2v) is 5.73. The van der Waals surface area contributed by atoms with E-state index < -0.39 is 34.6 Å². The molecule has 1 N–H and O–H groups in total. The molecule has 2 rings (SSSR count). The van der Waals surface area contributed by atoms with Crippen molar-refractivity contribution in [2.24, 2.45) is 0 Å². The number of halogens is 6. The van der Waals surface area contributed by atoms with Crippen molar-refractivity contribution in [1.82, 2.24) is 0 Å². The van der Waals surface area contributed by atoms with Crippen LogP contribution in [0, 0.1) is 0 Å². The average Bonchev–Trinajstić information content (AvgIpc) is 2.52. The lowest BCUT2D eigenvalue weighted by atomic mass is 9.85. The zero-order valence-electron chi connectivity index (χ0n) is 13.3. The number of alkyl halides is 6. The Bertz CT molecular complexity index is 736. The number of rotatable bonds is 3. The number of aliphatic hydroxyl groups is 1. The van der Waals surface area contributed by atoms with Gasteiger partial charge in [-0.1, -0.05) is 24.3 Å². The SMILES string of the molecule is CN(C)c1cccc(C(O)(c2ccc(C(F)(F)F)cc2)C(F)(F)F)c1. The minimum Gasteiger partial charge on any atom is -0.378 e.